The number of rotatable bonds is 8. The maximum Gasteiger partial charge on any atom is 0.306 e. The molecule has 0 aromatic rings. The molecule has 0 radical (unpaired) electrons. The van der Waals surface area contributed by atoms with Crippen LogP contribution in [0.4, 0.5) is 0 Å². The molecule has 0 N–H and O–H groups in total. The van der Waals surface area contributed by atoms with E-state index < -0.39 is 0 Å². The molecule has 0 aliphatic rings. The first-order valence-corrected chi connectivity index (χ1v) is 5.81. The molecule has 0 rings (SSSR count). The van der Waals surface area contributed by atoms with E-state index in [9.17, 15) is 9.59 Å². The molecule has 16 heavy (non-hydrogen) atoms. The Hall–Kier alpha value is -0.900. The van der Waals surface area contributed by atoms with Crippen LogP contribution in [0.1, 0.15) is 33.6 Å². The van der Waals surface area contributed by atoms with Gasteiger partial charge in [-0.15, -0.1) is 0 Å². The van der Waals surface area contributed by atoms with Crippen LogP contribution in [0.25, 0.3) is 0 Å². The van der Waals surface area contributed by atoms with Crippen LogP contribution in [0.3, 0.4) is 0 Å². The van der Waals surface area contributed by atoms with E-state index in [1.54, 1.807) is 6.92 Å². The van der Waals surface area contributed by atoms with Crippen molar-refractivity contribution in [3.8, 4) is 0 Å². The van der Waals surface area contributed by atoms with Gasteiger partial charge in [-0.1, -0.05) is 13.8 Å². The Morgan fingerprint density at radius 2 is 1.88 bits per heavy atom. The molecule has 0 fully saturated rings. The first kappa shape index (κ1) is 15.1. The largest absolute Gasteiger partial charge is 0.466 e. The quantitative estimate of drug-likeness (QED) is 0.592. The first-order valence-electron chi connectivity index (χ1n) is 5.81. The Morgan fingerprint density at radius 1 is 1.25 bits per heavy atom. The van der Waals surface area contributed by atoms with Crippen LogP contribution in [0, 0.1) is 5.92 Å². The highest BCUT2D eigenvalue weighted by atomic mass is 16.5. The Bertz CT molecular complexity index is 226. The van der Waals surface area contributed by atoms with Crippen molar-refractivity contribution in [3.63, 3.8) is 0 Å². The first-order chi connectivity index (χ1) is 7.45. The predicted octanol–water partition coefficient (Wildman–Crippen LogP) is 1.49. The van der Waals surface area contributed by atoms with Crippen molar-refractivity contribution < 1.29 is 14.3 Å². The number of ketones is 1. The Kier molecular flexibility index (Phi) is 7.81. The normalized spacial score (nSPS) is 10.9. The van der Waals surface area contributed by atoms with Gasteiger partial charge in [0, 0.05) is 13.0 Å². The lowest BCUT2D eigenvalue weighted by Crippen LogP contribution is -2.29. The Morgan fingerprint density at radius 3 is 2.38 bits per heavy atom. The topological polar surface area (TPSA) is 46.6 Å². The van der Waals surface area contributed by atoms with Crippen LogP contribution >= 0.6 is 0 Å². The van der Waals surface area contributed by atoms with Gasteiger partial charge in [0.05, 0.1) is 19.6 Å². The summed E-state index contributed by atoms with van der Waals surface area (Å²) in [4.78, 5) is 24.5. The molecule has 4 nitrogen and oxygen atoms in total. The van der Waals surface area contributed by atoms with E-state index in [0.29, 0.717) is 19.1 Å². The molecule has 0 bridgehead atoms. The number of hydrogen-bond acceptors (Lipinski definition) is 4. The lowest BCUT2D eigenvalue weighted by molar-refractivity contribution is -0.144. The minimum Gasteiger partial charge on any atom is -0.466 e. The molecule has 0 unspecified atom stereocenters. The zero-order valence-corrected chi connectivity index (χ0v) is 10.8. The Balaban J connectivity index is 3.69. The van der Waals surface area contributed by atoms with Gasteiger partial charge in [0.25, 0.3) is 0 Å². The second kappa shape index (κ2) is 8.28. The van der Waals surface area contributed by atoms with Gasteiger partial charge in [0.2, 0.25) is 0 Å². The number of likely N-dealkylation sites (N-methyl/N-ethyl adjacent to an activating group) is 1. The van der Waals surface area contributed by atoms with Crippen LogP contribution < -0.4 is 0 Å². The van der Waals surface area contributed by atoms with Crippen LogP contribution in [0.5, 0.6) is 0 Å². The van der Waals surface area contributed by atoms with Gasteiger partial charge < -0.3 is 4.74 Å². The third-order valence-corrected chi connectivity index (χ3v) is 2.04. The van der Waals surface area contributed by atoms with E-state index in [1.807, 2.05) is 11.9 Å². The zero-order valence-electron chi connectivity index (χ0n) is 10.8. The molecule has 0 aromatic heterocycles. The van der Waals surface area contributed by atoms with E-state index in [2.05, 4.69) is 13.8 Å². The maximum absolute atomic E-state index is 11.5. The van der Waals surface area contributed by atoms with Crippen molar-refractivity contribution >= 4 is 11.8 Å². The summed E-state index contributed by atoms with van der Waals surface area (Å²) >= 11 is 0. The monoisotopic (exact) mass is 229 g/mol. The molecule has 0 spiro atoms. The van der Waals surface area contributed by atoms with Gasteiger partial charge in [0.15, 0.2) is 0 Å². The van der Waals surface area contributed by atoms with Crippen molar-refractivity contribution in [2.45, 2.75) is 33.6 Å². The second-order valence-electron chi connectivity index (χ2n) is 4.43. The van der Waals surface area contributed by atoms with E-state index in [0.717, 1.165) is 6.54 Å². The summed E-state index contributed by atoms with van der Waals surface area (Å²) in [5, 5.41) is 0. The minimum atomic E-state index is -0.289. The van der Waals surface area contributed by atoms with Crippen LogP contribution in [0.2, 0.25) is 0 Å². The standard InChI is InChI=1S/C12H23NO3/c1-5-16-12(15)7-6-11(14)9-13(4)8-10(2)3/h10H,5-9H2,1-4H3. The number of carbonyl (C=O) groups is 2. The molecule has 0 heterocycles. The molecular formula is C12H23NO3. The summed E-state index contributed by atoms with van der Waals surface area (Å²) in [7, 11) is 1.92. The fraction of sp³-hybridized carbons (Fsp3) is 0.833. The third-order valence-electron chi connectivity index (χ3n) is 2.04. The summed E-state index contributed by atoms with van der Waals surface area (Å²) < 4.78 is 4.76. The molecule has 0 saturated carbocycles. The minimum absolute atomic E-state index is 0.0937. The summed E-state index contributed by atoms with van der Waals surface area (Å²) in [5.74, 6) is 0.349. The van der Waals surface area contributed by atoms with Gasteiger partial charge in [-0.2, -0.15) is 0 Å². The average Bonchev–Trinajstić information content (AvgIpc) is 2.13. The fourth-order valence-corrected chi connectivity index (χ4v) is 1.54. The molecule has 4 heteroatoms. The van der Waals surface area contributed by atoms with Crippen molar-refractivity contribution in [1.82, 2.24) is 4.90 Å². The van der Waals surface area contributed by atoms with E-state index >= 15 is 0 Å². The summed E-state index contributed by atoms with van der Waals surface area (Å²) in [6.07, 6.45) is 0.476. The molecular weight excluding hydrogens is 206 g/mol. The van der Waals surface area contributed by atoms with Gasteiger partial charge in [0.1, 0.15) is 5.78 Å². The zero-order chi connectivity index (χ0) is 12.6. The maximum atomic E-state index is 11.5. The number of hydrogen-bond donors (Lipinski definition) is 0. The number of ether oxygens (including phenoxy) is 1. The molecule has 0 saturated heterocycles. The molecule has 0 aromatic carbocycles. The highest BCUT2D eigenvalue weighted by molar-refractivity contribution is 5.84. The lowest BCUT2D eigenvalue weighted by atomic mass is 10.2. The molecule has 0 aliphatic carbocycles. The second-order valence-corrected chi connectivity index (χ2v) is 4.43. The lowest BCUT2D eigenvalue weighted by Gasteiger charge is -2.17. The Labute approximate surface area is 98.0 Å². The van der Waals surface area contributed by atoms with Crippen LogP contribution in [-0.4, -0.2) is 43.4 Å². The molecule has 0 atom stereocenters. The highest BCUT2D eigenvalue weighted by Crippen LogP contribution is 1.99. The summed E-state index contributed by atoms with van der Waals surface area (Å²) in [6.45, 7) is 7.67. The average molecular weight is 229 g/mol. The molecule has 0 amide bonds. The molecule has 94 valence electrons. The number of nitrogens with zero attached hydrogens (tertiary/aromatic N) is 1. The summed E-state index contributed by atoms with van der Waals surface area (Å²) in [5.41, 5.74) is 0. The van der Waals surface area contributed by atoms with E-state index in [-0.39, 0.29) is 24.6 Å². The molecule has 0 aliphatic heterocycles. The number of carbonyl (C=O) groups excluding carboxylic acids is 2. The number of esters is 1. The third kappa shape index (κ3) is 8.41. The van der Waals surface area contributed by atoms with E-state index in [4.69, 9.17) is 4.74 Å². The van der Waals surface area contributed by atoms with Crippen molar-refractivity contribution in [2.75, 3.05) is 26.7 Å². The van der Waals surface area contributed by atoms with Gasteiger partial charge in [-0.25, -0.2) is 0 Å². The van der Waals surface area contributed by atoms with Crippen LogP contribution in [-0.2, 0) is 14.3 Å². The predicted molar refractivity (Wildman–Crippen MR) is 63.2 cm³/mol. The van der Waals surface area contributed by atoms with E-state index in [1.165, 1.54) is 0 Å². The van der Waals surface area contributed by atoms with Gasteiger partial charge in [-0.05, 0) is 19.9 Å². The highest BCUT2D eigenvalue weighted by Gasteiger charge is 2.10. The van der Waals surface area contributed by atoms with Gasteiger partial charge >= 0.3 is 5.97 Å². The van der Waals surface area contributed by atoms with Crippen LogP contribution in [0.15, 0.2) is 0 Å². The van der Waals surface area contributed by atoms with Gasteiger partial charge in [-0.3, -0.25) is 14.5 Å². The van der Waals surface area contributed by atoms with Crippen molar-refractivity contribution in [2.24, 2.45) is 5.92 Å². The smallest absolute Gasteiger partial charge is 0.306 e. The summed E-state index contributed by atoms with van der Waals surface area (Å²) in [6, 6.07) is 0. The van der Waals surface area contributed by atoms with Crippen molar-refractivity contribution in [1.29, 1.82) is 0 Å². The SMILES string of the molecule is CCOC(=O)CCC(=O)CN(C)CC(C)C. The fourth-order valence-electron chi connectivity index (χ4n) is 1.54. The van der Waals surface area contributed by atoms with Crippen molar-refractivity contribution in [3.05, 3.63) is 0 Å². The number of Topliss-reactive ketones (excluding diaryl/α,β-unsaturated/α-hetero) is 1.